The quantitative estimate of drug-likeness (QED) is 0.148. The van der Waals surface area contributed by atoms with Crippen LogP contribution in [0.1, 0.15) is 11.4 Å². The summed E-state index contributed by atoms with van der Waals surface area (Å²) in [4.78, 5) is 32.5. The van der Waals surface area contributed by atoms with E-state index >= 15 is 0 Å². The van der Waals surface area contributed by atoms with Crippen molar-refractivity contribution in [1.82, 2.24) is 39.9 Å². The maximum atomic E-state index is 5.90. The van der Waals surface area contributed by atoms with E-state index in [0.29, 0.717) is 49.3 Å². The summed E-state index contributed by atoms with van der Waals surface area (Å²) in [6, 6.07) is 7.95. The molecule has 4 heterocycles. The summed E-state index contributed by atoms with van der Waals surface area (Å²) in [5.41, 5.74) is 11.3. The zero-order chi connectivity index (χ0) is 23.8. The van der Waals surface area contributed by atoms with Crippen molar-refractivity contribution < 1.29 is 0 Å². The molecule has 0 amide bonds. The first-order valence-electron chi connectivity index (χ1n) is 10.8. The van der Waals surface area contributed by atoms with Gasteiger partial charge in [0, 0.05) is 63.8 Å². The third kappa shape index (κ3) is 5.99. The number of aromatic amines is 2. The van der Waals surface area contributed by atoms with Crippen LogP contribution in [0, 0.1) is 0 Å². The molecule has 4 aromatic heterocycles. The smallest absolute Gasteiger partial charge is 0.251 e. The van der Waals surface area contributed by atoms with Gasteiger partial charge in [-0.15, -0.1) is 0 Å². The van der Waals surface area contributed by atoms with Gasteiger partial charge in [-0.1, -0.05) is 0 Å². The Balaban J connectivity index is 1.54. The van der Waals surface area contributed by atoms with Crippen molar-refractivity contribution in [2.75, 3.05) is 59.3 Å². The number of anilines is 6. The van der Waals surface area contributed by atoms with E-state index in [2.05, 4.69) is 61.2 Å². The first-order valence-corrected chi connectivity index (χ1v) is 10.8. The van der Waals surface area contributed by atoms with Crippen molar-refractivity contribution in [3.63, 3.8) is 0 Å². The molecule has 8 N–H and O–H groups in total. The average molecular weight is 465 g/mol. The topological polar surface area (TPSA) is 186 Å². The van der Waals surface area contributed by atoms with Crippen LogP contribution in [-0.4, -0.2) is 67.1 Å². The average Bonchev–Trinajstić information content (AvgIpc) is 3.55. The van der Waals surface area contributed by atoms with Gasteiger partial charge in [0.25, 0.3) is 5.95 Å². The summed E-state index contributed by atoms with van der Waals surface area (Å²) in [5.74, 6) is 1.94. The molecule has 0 aliphatic heterocycles. The molecule has 0 unspecified atom stereocenters. The zero-order valence-corrected chi connectivity index (χ0v) is 19.0. The molecule has 0 radical (unpaired) electrons. The van der Waals surface area contributed by atoms with Gasteiger partial charge in [-0.25, -0.2) is 0 Å². The molecule has 0 spiro atoms. The van der Waals surface area contributed by atoms with E-state index < -0.39 is 0 Å². The third-order valence-corrected chi connectivity index (χ3v) is 4.81. The number of nitrogens with zero attached hydrogens (tertiary/aromatic N) is 7. The first kappa shape index (κ1) is 22.6. The van der Waals surface area contributed by atoms with E-state index in [1.807, 2.05) is 36.7 Å². The van der Waals surface area contributed by atoms with E-state index in [4.69, 9.17) is 5.73 Å². The molecule has 0 aromatic carbocycles. The van der Waals surface area contributed by atoms with Gasteiger partial charge >= 0.3 is 0 Å². The number of rotatable bonds is 12. The number of nitrogens with two attached hydrogens (primary N) is 1. The zero-order valence-electron chi connectivity index (χ0n) is 19.0. The minimum Gasteiger partial charge on any atom is -0.368 e. The highest BCUT2D eigenvalue weighted by atomic mass is 15.6. The molecule has 0 aliphatic rings. The third-order valence-electron chi connectivity index (χ3n) is 4.81. The predicted octanol–water partition coefficient (Wildman–Crippen LogP) is 1.11. The fraction of sp³-hybridized carbons (Fsp3) is 0.300. The number of nitrogens with one attached hydrogen (secondary N) is 6. The molecule has 34 heavy (non-hydrogen) atoms. The second-order valence-electron chi connectivity index (χ2n) is 7.20. The number of hydrazine groups is 1. The predicted molar refractivity (Wildman–Crippen MR) is 132 cm³/mol. The number of hydrogen-bond donors (Lipinski definition) is 7. The minimum atomic E-state index is 0.0965. The van der Waals surface area contributed by atoms with Crippen molar-refractivity contribution in [2.24, 2.45) is 0 Å². The van der Waals surface area contributed by atoms with Crippen LogP contribution in [0.2, 0.25) is 0 Å². The van der Waals surface area contributed by atoms with Crippen LogP contribution >= 0.6 is 0 Å². The van der Waals surface area contributed by atoms with Crippen molar-refractivity contribution in [3.8, 4) is 0 Å². The molecular formula is C20H28N14. The van der Waals surface area contributed by atoms with E-state index in [1.54, 1.807) is 19.1 Å². The molecule has 0 saturated heterocycles. The Morgan fingerprint density at radius 2 is 1.44 bits per heavy atom. The summed E-state index contributed by atoms with van der Waals surface area (Å²) in [5, 5.41) is 10.8. The highest BCUT2D eigenvalue weighted by Gasteiger charge is 2.16. The first-order chi connectivity index (χ1) is 16.6. The second kappa shape index (κ2) is 10.8. The maximum Gasteiger partial charge on any atom is 0.251 e. The van der Waals surface area contributed by atoms with Gasteiger partial charge in [-0.05, 0) is 24.3 Å². The Hall–Kier alpha value is -4.62. The van der Waals surface area contributed by atoms with Crippen LogP contribution in [0.3, 0.4) is 0 Å². The van der Waals surface area contributed by atoms with Crippen LogP contribution in [0.15, 0.2) is 36.7 Å². The minimum absolute atomic E-state index is 0.0965. The Morgan fingerprint density at radius 3 is 2.12 bits per heavy atom. The fourth-order valence-corrected chi connectivity index (χ4v) is 3.14. The van der Waals surface area contributed by atoms with Crippen molar-refractivity contribution >= 4 is 35.7 Å². The highest BCUT2D eigenvalue weighted by Crippen LogP contribution is 2.16. The van der Waals surface area contributed by atoms with Crippen molar-refractivity contribution in [3.05, 3.63) is 48.0 Å². The largest absolute Gasteiger partial charge is 0.368 e. The Bertz CT molecular complexity index is 1160. The van der Waals surface area contributed by atoms with Crippen LogP contribution in [0.4, 0.5) is 35.7 Å². The normalized spacial score (nSPS) is 10.6. The van der Waals surface area contributed by atoms with Gasteiger partial charge in [0.15, 0.2) is 0 Å². The molecule has 0 aliphatic carbocycles. The molecule has 0 fully saturated rings. The second-order valence-corrected chi connectivity index (χ2v) is 7.20. The summed E-state index contributed by atoms with van der Waals surface area (Å²) in [7, 11) is 3.46. The van der Waals surface area contributed by atoms with Crippen LogP contribution in [-0.2, 0) is 12.8 Å². The lowest BCUT2D eigenvalue weighted by Crippen LogP contribution is -2.35. The molecule has 0 atom stereocenters. The summed E-state index contributed by atoms with van der Waals surface area (Å²) >= 11 is 0. The maximum absolute atomic E-state index is 5.90. The molecule has 178 valence electrons. The fourth-order valence-electron chi connectivity index (χ4n) is 3.14. The summed E-state index contributed by atoms with van der Waals surface area (Å²) in [6.07, 6.45) is 5.26. The Labute approximate surface area is 196 Å². The lowest BCUT2D eigenvalue weighted by molar-refractivity contribution is 0.799. The van der Waals surface area contributed by atoms with E-state index in [1.165, 1.54) is 0 Å². The lowest BCUT2D eigenvalue weighted by atomic mass is 10.3. The summed E-state index contributed by atoms with van der Waals surface area (Å²) < 4.78 is 0. The van der Waals surface area contributed by atoms with Gasteiger partial charge in [0.2, 0.25) is 29.7 Å². The van der Waals surface area contributed by atoms with Crippen molar-refractivity contribution in [1.29, 1.82) is 0 Å². The monoisotopic (exact) mass is 464 g/mol. The highest BCUT2D eigenvalue weighted by molar-refractivity contribution is 5.49. The van der Waals surface area contributed by atoms with Crippen LogP contribution < -0.4 is 32.1 Å². The van der Waals surface area contributed by atoms with Gasteiger partial charge in [-0.3, -0.25) is 10.4 Å². The van der Waals surface area contributed by atoms with Crippen LogP contribution in [0.25, 0.3) is 0 Å². The lowest BCUT2D eigenvalue weighted by Gasteiger charge is -2.23. The number of nitrogen functional groups attached to an aromatic ring is 1. The van der Waals surface area contributed by atoms with Gasteiger partial charge in [0.05, 0.1) is 0 Å². The van der Waals surface area contributed by atoms with E-state index in [0.717, 1.165) is 17.8 Å². The van der Waals surface area contributed by atoms with Gasteiger partial charge in [-0.2, -0.15) is 29.9 Å². The Morgan fingerprint density at radius 1 is 0.794 bits per heavy atom. The van der Waals surface area contributed by atoms with E-state index in [9.17, 15) is 0 Å². The molecular weight excluding hydrogens is 436 g/mol. The number of H-pyrrole nitrogens is 2. The Kier molecular flexibility index (Phi) is 7.17. The van der Waals surface area contributed by atoms with E-state index in [-0.39, 0.29) is 5.95 Å². The SMILES string of the molecule is CNc1nc(NCCc2ccc[nH]2)nc(NN(CCc2ccc[nH]2)c2nc(N)nc(NC)n2)n1. The number of hydrogen-bond acceptors (Lipinski definition) is 12. The molecule has 0 saturated carbocycles. The standard InChI is InChI=1S/C20H28N14/c1-22-16-27-15(21)28-20(32-16)34(12-8-14-6-4-10-25-14)33-19-30-17(23-2)29-18(31-19)26-11-7-13-5-3-9-24-13/h3-6,9-10,24-25H,7-8,11-12H2,1-2H3,(H3,21,22,27,28,32)(H3,23,26,29,30,31,33). The van der Waals surface area contributed by atoms with Crippen LogP contribution in [0.5, 0.6) is 0 Å². The molecule has 4 aromatic rings. The molecule has 14 nitrogen and oxygen atoms in total. The molecule has 0 bridgehead atoms. The van der Waals surface area contributed by atoms with Gasteiger partial charge < -0.3 is 31.7 Å². The molecule has 4 rings (SSSR count). The molecule has 14 heteroatoms. The number of aromatic nitrogens is 8. The van der Waals surface area contributed by atoms with Crippen molar-refractivity contribution in [2.45, 2.75) is 12.8 Å². The van der Waals surface area contributed by atoms with Gasteiger partial charge in [0.1, 0.15) is 0 Å². The summed E-state index contributed by atoms with van der Waals surface area (Å²) in [6.45, 7) is 1.16.